The van der Waals surface area contributed by atoms with Crippen molar-refractivity contribution in [2.24, 2.45) is 0 Å². The van der Waals surface area contributed by atoms with Gasteiger partial charge in [0.05, 0.1) is 0 Å². The van der Waals surface area contributed by atoms with E-state index in [0.29, 0.717) is 23.1 Å². The Hall–Kier alpha value is -3.93. The van der Waals surface area contributed by atoms with Crippen molar-refractivity contribution in [1.29, 1.82) is 0 Å². The van der Waals surface area contributed by atoms with E-state index in [4.69, 9.17) is 4.74 Å². The Labute approximate surface area is 168 Å². The fourth-order valence-electron chi connectivity index (χ4n) is 2.96. The zero-order chi connectivity index (χ0) is 20.1. The van der Waals surface area contributed by atoms with E-state index in [9.17, 15) is 4.79 Å². The molecule has 29 heavy (non-hydrogen) atoms. The molecule has 0 aliphatic heterocycles. The summed E-state index contributed by atoms with van der Waals surface area (Å²) < 4.78 is 7.44. The van der Waals surface area contributed by atoms with E-state index < -0.39 is 0 Å². The molecule has 1 aromatic heterocycles. The molecule has 0 fully saturated rings. The molecular weight excluding hydrogens is 364 g/mol. The molecule has 0 aliphatic carbocycles. The lowest BCUT2D eigenvalue weighted by Crippen LogP contribution is -2.20. The quantitative estimate of drug-likeness (QED) is 0.524. The van der Waals surface area contributed by atoms with E-state index in [1.165, 1.54) is 0 Å². The van der Waals surface area contributed by atoms with Crippen molar-refractivity contribution in [3.63, 3.8) is 0 Å². The molecule has 0 atom stereocenters. The van der Waals surface area contributed by atoms with Crippen molar-refractivity contribution in [3.8, 4) is 22.9 Å². The lowest BCUT2D eigenvalue weighted by Gasteiger charge is -2.10. The highest BCUT2D eigenvalue weighted by atomic mass is 16.5. The predicted molar refractivity (Wildman–Crippen MR) is 112 cm³/mol. The number of nitrogens with one attached hydrogen (secondary N) is 1. The lowest BCUT2D eigenvalue weighted by atomic mass is 10.2. The number of rotatable bonds is 6. The minimum Gasteiger partial charge on any atom is -0.457 e. The molecule has 0 saturated carbocycles. The second-order valence-electron chi connectivity index (χ2n) is 6.50. The normalized spacial score (nSPS) is 10.5. The number of para-hydroxylation sites is 1. The molecular formula is C23H20N4O2. The largest absolute Gasteiger partial charge is 0.457 e. The standard InChI is InChI=1S/C23H20N4O2/c1-17-24-23(18-9-4-2-5-10-18)27(26-17)16-22(28)25-19-11-8-14-21(15-19)29-20-12-6-3-7-13-20/h2-15H,16H2,1H3,(H,25,28). The van der Waals surface area contributed by atoms with Gasteiger partial charge in [0, 0.05) is 17.3 Å². The van der Waals surface area contributed by atoms with Gasteiger partial charge in [-0.05, 0) is 31.2 Å². The third kappa shape index (κ3) is 4.68. The number of benzene rings is 3. The molecule has 0 saturated heterocycles. The van der Waals surface area contributed by atoms with Crippen molar-refractivity contribution >= 4 is 11.6 Å². The molecule has 0 unspecified atom stereocenters. The van der Waals surface area contributed by atoms with Gasteiger partial charge in [-0.2, -0.15) is 5.10 Å². The number of aryl methyl sites for hydroxylation is 1. The molecule has 0 aliphatic rings. The number of hydrogen-bond acceptors (Lipinski definition) is 4. The summed E-state index contributed by atoms with van der Waals surface area (Å²) in [5.74, 6) is 2.48. The number of carbonyl (C=O) groups is 1. The van der Waals surface area contributed by atoms with Crippen LogP contribution in [0.25, 0.3) is 11.4 Å². The minimum atomic E-state index is -0.191. The topological polar surface area (TPSA) is 69.0 Å². The third-order valence-electron chi connectivity index (χ3n) is 4.20. The maximum absolute atomic E-state index is 12.6. The van der Waals surface area contributed by atoms with Gasteiger partial charge < -0.3 is 10.1 Å². The second kappa shape index (κ2) is 8.39. The average molecular weight is 384 g/mol. The van der Waals surface area contributed by atoms with Crippen molar-refractivity contribution in [3.05, 3.63) is 90.8 Å². The summed E-state index contributed by atoms with van der Waals surface area (Å²) in [6.07, 6.45) is 0. The van der Waals surface area contributed by atoms with E-state index in [-0.39, 0.29) is 12.5 Å². The maximum Gasteiger partial charge on any atom is 0.246 e. The van der Waals surface area contributed by atoms with E-state index >= 15 is 0 Å². The zero-order valence-electron chi connectivity index (χ0n) is 15.9. The highest BCUT2D eigenvalue weighted by molar-refractivity contribution is 5.91. The Kier molecular flexibility index (Phi) is 5.33. The van der Waals surface area contributed by atoms with Crippen LogP contribution in [0.5, 0.6) is 11.5 Å². The Morgan fingerprint density at radius 3 is 2.38 bits per heavy atom. The van der Waals surface area contributed by atoms with Crippen LogP contribution < -0.4 is 10.1 Å². The van der Waals surface area contributed by atoms with Gasteiger partial charge in [-0.1, -0.05) is 54.6 Å². The van der Waals surface area contributed by atoms with Crippen molar-refractivity contribution in [2.45, 2.75) is 13.5 Å². The van der Waals surface area contributed by atoms with E-state index in [1.54, 1.807) is 10.7 Å². The molecule has 0 radical (unpaired) electrons. The number of nitrogens with zero attached hydrogens (tertiary/aromatic N) is 3. The summed E-state index contributed by atoms with van der Waals surface area (Å²) in [5.41, 5.74) is 1.57. The summed E-state index contributed by atoms with van der Waals surface area (Å²) in [4.78, 5) is 17.1. The average Bonchev–Trinajstić information content (AvgIpc) is 3.09. The number of hydrogen-bond donors (Lipinski definition) is 1. The summed E-state index contributed by atoms with van der Waals surface area (Å²) in [7, 11) is 0. The number of anilines is 1. The van der Waals surface area contributed by atoms with Crippen LogP contribution in [0.15, 0.2) is 84.9 Å². The first-order valence-electron chi connectivity index (χ1n) is 9.27. The monoisotopic (exact) mass is 384 g/mol. The van der Waals surface area contributed by atoms with Gasteiger partial charge in [-0.3, -0.25) is 4.79 Å². The zero-order valence-corrected chi connectivity index (χ0v) is 15.9. The molecule has 4 aromatic rings. The van der Waals surface area contributed by atoms with Crippen molar-refractivity contribution in [1.82, 2.24) is 14.8 Å². The smallest absolute Gasteiger partial charge is 0.246 e. The Morgan fingerprint density at radius 1 is 0.931 bits per heavy atom. The van der Waals surface area contributed by atoms with Gasteiger partial charge in [0.2, 0.25) is 5.91 Å². The van der Waals surface area contributed by atoms with E-state index in [2.05, 4.69) is 15.4 Å². The van der Waals surface area contributed by atoms with Crippen molar-refractivity contribution in [2.75, 3.05) is 5.32 Å². The van der Waals surface area contributed by atoms with E-state index in [1.807, 2.05) is 85.8 Å². The fourth-order valence-corrected chi connectivity index (χ4v) is 2.96. The summed E-state index contributed by atoms with van der Waals surface area (Å²) in [5, 5.41) is 7.26. The van der Waals surface area contributed by atoms with Crippen LogP contribution in [0, 0.1) is 6.92 Å². The highest BCUT2D eigenvalue weighted by Crippen LogP contribution is 2.24. The molecule has 1 N–H and O–H groups in total. The summed E-state index contributed by atoms with van der Waals surface area (Å²) >= 11 is 0. The molecule has 6 heteroatoms. The fraction of sp³-hybridized carbons (Fsp3) is 0.0870. The van der Waals surface area contributed by atoms with Gasteiger partial charge in [0.1, 0.15) is 23.9 Å². The minimum absolute atomic E-state index is 0.0643. The molecule has 6 nitrogen and oxygen atoms in total. The molecule has 0 spiro atoms. The van der Waals surface area contributed by atoms with Crippen LogP contribution in [0.2, 0.25) is 0 Å². The van der Waals surface area contributed by atoms with Crippen LogP contribution in [0.1, 0.15) is 5.82 Å². The maximum atomic E-state index is 12.6. The summed E-state index contributed by atoms with van der Waals surface area (Å²) in [6, 6.07) is 26.5. The van der Waals surface area contributed by atoms with Gasteiger partial charge >= 0.3 is 0 Å². The van der Waals surface area contributed by atoms with Gasteiger partial charge in [-0.25, -0.2) is 9.67 Å². The highest BCUT2D eigenvalue weighted by Gasteiger charge is 2.13. The third-order valence-corrected chi connectivity index (χ3v) is 4.20. The summed E-state index contributed by atoms with van der Waals surface area (Å²) in [6.45, 7) is 1.88. The van der Waals surface area contributed by atoms with Crippen LogP contribution in [0.3, 0.4) is 0 Å². The molecule has 4 rings (SSSR count). The predicted octanol–water partition coefficient (Wildman–Crippen LogP) is 4.68. The first kappa shape index (κ1) is 18.4. The molecule has 144 valence electrons. The molecule has 0 bridgehead atoms. The Balaban J connectivity index is 1.46. The van der Waals surface area contributed by atoms with Crippen molar-refractivity contribution < 1.29 is 9.53 Å². The van der Waals surface area contributed by atoms with Gasteiger partial charge in [0.25, 0.3) is 0 Å². The van der Waals surface area contributed by atoms with Crippen LogP contribution >= 0.6 is 0 Å². The molecule has 1 heterocycles. The van der Waals surface area contributed by atoms with Gasteiger partial charge in [-0.15, -0.1) is 0 Å². The molecule has 3 aromatic carbocycles. The number of amides is 1. The van der Waals surface area contributed by atoms with Crippen LogP contribution in [-0.4, -0.2) is 20.7 Å². The van der Waals surface area contributed by atoms with E-state index in [0.717, 1.165) is 11.3 Å². The Bertz CT molecular complexity index is 1110. The first-order valence-corrected chi connectivity index (χ1v) is 9.27. The SMILES string of the molecule is Cc1nc(-c2ccccc2)n(CC(=O)Nc2cccc(Oc3ccccc3)c2)n1. The number of ether oxygens (including phenoxy) is 1. The second-order valence-corrected chi connectivity index (χ2v) is 6.50. The number of aromatic nitrogens is 3. The van der Waals surface area contributed by atoms with Crippen LogP contribution in [0.4, 0.5) is 5.69 Å². The Morgan fingerprint density at radius 2 is 1.62 bits per heavy atom. The molecule has 1 amide bonds. The first-order chi connectivity index (χ1) is 14.2. The van der Waals surface area contributed by atoms with Gasteiger partial charge in [0.15, 0.2) is 5.82 Å². The lowest BCUT2D eigenvalue weighted by molar-refractivity contribution is -0.116. The van der Waals surface area contributed by atoms with Crippen LogP contribution in [-0.2, 0) is 11.3 Å². The number of carbonyl (C=O) groups excluding carboxylic acids is 1.